The van der Waals surface area contributed by atoms with Crippen molar-refractivity contribution in [2.75, 3.05) is 28.4 Å². The number of nitrogens with zero attached hydrogens (tertiary/aromatic N) is 1. The Kier molecular flexibility index (Phi) is 6.72. The molecule has 2 rings (SSSR count). The normalized spacial score (nSPS) is 10.2. The maximum Gasteiger partial charge on any atom is 0.317 e. The lowest BCUT2D eigenvalue weighted by atomic mass is 10.1. The average molecular weight is 358 g/mol. The number of methoxy groups -OCH3 is 3. The number of urea groups is 1. The molecule has 0 saturated heterocycles. The molecule has 0 aliphatic heterocycles. The van der Waals surface area contributed by atoms with Gasteiger partial charge in [-0.3, -0.25) is 0 Å². The highest BCUT2D eigenvalue weighted by Gasteiger charge is 2.15. The first-order valence-electron chi connectivity index (χ1n) is 8.32. The summed E-state index contributed by atoms with van der Waals surface area (Å²) in [5.74, 6) is 1.65. The fourth-order valence-corrected chi connectivity index (χ4v) is 2.66. The number of aryl methyl sites for hydroxylation is 1. The summed E-state index contributed by atoms with van der Waals surface area (Å²) in [5, 5.41) is 2.91. The Morgan fingerprint density at radius 2 is 1.65 bits per heavy atom. The van der Waals surface area contributed by atoms with Crippen LogP contribution in [0.2, 0.25) is 0 Å². The summed E-state index contributed by atoms with van der Waals surface area (Å²) < 4.78 is 16.0. The number of hydrogen-bond acceptors (Lipinski definition) is 4. The Labute approximate surface area is 154 Å². The molecule has 0 atom stereocenters. The number of hydrogen-bond donors (Lipinski definition) is 1. The van der Waals surface area contributed by atoms with Crippen LogP contribution in [0.1, 0.15) is 16.7 Å². The smallest absolute Gasteiger partial charge is 0.317 e. The van der Waals surface area contributed by atoms with Gasteiger partial charge in [-0.15, -0.1) is 0 Å². The number of carbonyl (C=O) groups excluding carboxylic acids is 1. The molecular formula is C20H26N2O4. The van der Waals surface area contributed by atoms with Crippen molar-refractivity contribution in [2.45, 2.75) is 20.0 Å². The highest BCUT2D eigenvalue weighted by atomic mass is 16.5. The van der Waals surface area contributed by atoms with Crippen molar-refractivity contribution in [2.24, 2.45) is 0 Å². The first-order valence-corrected chi connectivity index (χ1v) is 8.32. The standard InChI is InChI=1S/C20H26N2O4/c1-14-8-6-7-9-16(14)13-22(2)20(23)21-12-15-10-17(24-3)19(26-5)18(11-15)25-4/h6-11H,12-13H2,1-5H3,(H,21,23). The molecule has 2 aromatic carbocycles. The Balaban J connectivity index is 2.03. The van der Waals surface area contributed by atoms with Gasteiger partial charge in [-0.25, -0.2) is 4.79 Å². The van der Waals surface area contributed by atoms with Gasteiger partial charge in [0.25, 0.3) is 0 Å². The van der Waals surface area contributed by atoms with E-state index in [1.807, 2.05) is 43.3 Å². The molecule has 6 heteroatoms. The van der Waals surface area contributed by atoms with E-state index < -0.39 is 0 Å². The lowest BCUT2D eigenvalue weighted by molar-refractivity contribution is 0.206. The summed E-state index contributed by atoms with van der Waals surface area (Å²) >= 11 is 0. The molecule has 2 aromatic rings. The first kappa shape index (κ1) is 19.4. The van der Waals surface area contributed by atoms with Gasteiger partial charge in [0.05, 0.1) is 21.3 Å². The van der Waals surface area contributed by atoms with Gasteiger partial charge in [0.15, 0.2) is 11.5 Å². The molecule has 6 nitrogen and oxygen atoms in total. The van der Waals surface area contributed by atoms with Crippen molar-refractivity contribution in [1.29, 1.82) is 0 Å². The predicted octanol–water partition coefficient (Wildman–Crippen LogP) is 3.36. The summed E-state index contributed by atoms with van der Waals surface area (Å²) in [6, 6.07) is 11.5. The van der Waals surface area contributed by atoms with E-state index >= 15 is 0 Å². The first-order chi connectivity index (χ1) is 12.5. The quantitative estimate of drug-likeness (QED) is 0.824. The van der Waals surface area contributed by atoms with Crippen LogP contribution in [0.5, 0.6) is 17.2 Å². The molecule has 26 heavy (non-hydrogen) atoms. The van der Waals surface area contributed by atoms with Crippen molar-refractivity contribution in [3.63, 3.8) is 0 Å². The third-order valence-electron chi connectivity index (χ3n) is 4.18. The molecule has 1 N–H and O–H groups in total. The molecule has 0 heterocycles. The lowest BCUT2D eigenvalue weighted by Gasteiger charge is -2.20. The van der Waals surface area contributed by atoms with E-state index in [0.29, 0.717) is 30.3 Å². The Bertz CT molecular complexity index is 736. The highest BCUT2D eigenvalue weighted by molar-refractivity contribution is 5.74. The maximum absolute atomic E-state index is 12.4. The minimum absolute atomic E-state index is 0.151. The molecule has 0 spiro atoms. The molecule has 0 aromatic heterocycles. The summed E-state index contributed by atoms with van der Waals surface area (Å²) in [7, 11) is 6.46. The van der Waals surface area contributed by atoms with Crippen molar-refractivity contribution in [3.05, 3.63) is 53.1 Å². The minimum atomic E-state index is -0.151. The molecule has 2 amide bonds. The fraction of sp³-hybridized carbons (Fsp3) is 0.350. The van der Waals surface area contributed by atoms with Crippen LogP contribution in [-0.4, -0.2) is 39.3 Å². The maximum atomic E-state index is 12.4. The van der Waals surface area contributed by atoms with Crippen LogP contribution in [0, 0.1) is 6.92 Å². The van der Waals surface area contributed by atoms with Crippen molar-refractivity contribution in [3.8, 4) is 17.2 Å². The van der Waals surface area contributed by atoms with Gasteiger partial charge in [-0.05, 0) is 35.7 Å². The van der Waals surface area contributed by atoms with Gasteiger partial charge in [0.2, 0.25) is 5.75 Å². The van der Waals surface area contributed by atoms with Crippen LogP contribution < -0.4 is 19.5 Å². The number of rotatable bonds is 7. The van der Waals surface area contributed by atoms with Crippen molar-refractivity contribution in [1.82, 2.24) is 10.2 Å². The van der Waals surface area contributed by atoms with E-state index in [0.717, 1.165) is 16.7 Å². The summed E-state index contributed by atoms with van der Waals surface area (Å²) in [5.41, 5.74) is 3.15. The molecule has 0 saturated carbocycles. The van der Waals surface area contributed by atoms with Crippen LogP contribution in [0.4, 0.5) is 4.79 Å². The van der Waals surface area contributed by atoms with E-state index in [9.17, 15) is 4.79 Å². The zero-order valence-corrected chi connectivity index (χ0v) is 16.0. The highest BCUT2D eigenvalue weighted by Crippen LogP contribution is 2.38. The van der Waals surface area contributed by atoms with E-state index in [1.165, 1.54) is 0 Å². The molecule has 0 radical (unpaired) electrons. The Hall–Kier alpha value is -2.89. The molecule has 0 unspecified atom stereocenters. The Morgan fingerprint density at radius 3 is 2.19 bits per heavy atom. The van der Waals surface area contributed by atoms with E-state index in [4.69, 9.17) is 14.2 Å². The number of ether oxygens (including phenoxy) is 3. The lowest BCUT2D eigenvalue weighted by Crippen LogP contribution is -2.36. The SMILES string of the molecule is COc1cc(CNC(=O)N(C)Cc2ccccc2C)cc(OC)c1OC. The number of nitrogens with one attached hydrogen (secondary N) is 1. The van der Waals surface area contributed by atoms with Crippen molar-refractivity contribution >= 4 is 6.03 Å². The second-order valence-electron chi connectivity index (χ2n) is 5.97. The zero-order valence-electron chi connectivity index (χ0n) is 16.0. The Morgan fingerprint density at radius 1 is 1.04 bits per heavy atom. The summed E-state index contributed by atoms with van der Waals surface area (Å²) in [6.07, 6.45) is 0. The minimum Gasteiger partial charge on any atom is -0.493 e. The third-order valence-corrected chi connectivity index (χ3v) is 4.18. The monoisotopic (exact) mass is 358 g/mol. The third kappa shape index (κ3) is 4.59. The van der Waals surface area contributed by atoms with Crippen LogP contribution in [0.3, 0.4) is 0 Å². The molecule has 140 valence electrons. The van der Waals surface area contributed by atoms with Crippen LogP contribution >= 0.6 is 0 Å². The van der Waals surface area contributed by atoms with Gasteiger partial charge >= 0.3 is 6.03 Å². The van der Waals surface area contributed by atoms with E-state index in [1.54, 1.807) is 33.3 Å². The van der Waals surface area contributed by atoms with Gasteiger partial charge < -0.3 is 24.4 Å². The van der Waals surface area contributed by atoms with E-state index in [-0.39, 0.29) is 6.03 Å². The van der Waals surface area contributed by atoms with Crippen LogP contribution in [0.25, 0.3) is 0 Å². The second kappa shape index (κ2) is 8.99. The van der Waals surface area contributed by atoms with Crippen LogP contribution in [0.15, 0.2) is 36.4 Å². The fourth-order valence-electron chi connectivity index (χ4n) is 2.66. The van der Waals surface area contributed by atoms with Gasteiger partial charge in [0, 0.05) is 20.1 Å². The number of amides is 2. The van der Waals surface area contributed by atoms with Crippen molar-refractivity contribution < 1.29 is 19.0 Å². The molecule has 0 fully saturated rings. The summed E-state index contributed by atoms with van der Waals surface area (Å²) in [4.78, 5) is 14.0. The predicted molar refractivity (Wildman–Crippen MR) is 101 cm³/mol. The van der Waals surface area contributed by atoms with E-state index in [2.05, 4.69) is 5.32 Å². The second-order valence-corrected chi connectivity index (χ2v) is 5.97. The summed E-state index contributed by atoms with van der Waals surface area (Å²) in [6.45, 7) is 2.94. The number of benzene rings is 2. The molecule has 0 bridgehead atoms. The van der Waals surface area contributed by atoms with Gasteiger partial charge in [0.1, 0.15) is 0 Å². The zero-order chi connectivity index (χ0) is 19.1. The van der Waals surface area contributed by atoms with Gasteiger partial charge in [-0.1, -0.05) is 24.3 Å². The van der Waals surface area contributed by atoms with Crippen LogP contribution in [-0.2, 0) is 13.1 Å². The largest absolute Gasteiger partial charge is 0.493 e. The van der Waals surface area contributed by atoms with Gasteiger partial charge in [-0.2, -0.15) is 0 Å². The number of carbonyl (C=O) groups is 1. The molecule has 0 aliphatic rings. The molecule has 0 aliphatic carbocycles. The average Bonchev–Trinajstić information content (AvgIpc) is 2.66. The topological polar surface area (TPSA) is 60.0 Å². The molecular weight excluding hydrogens is 332 g/mol.